The largest absolute Gasteiger partial charge is 0.448 e. The van der Waals surface area contributed by atoms with E-state index in [1.54, 1.807) is 11.4 Å². The third kappa shape index (κ3) is 3.45. The Hall–Kier alpha value is -2.35. The summed E-state index contributed by atoms with van der Waals surface area (Å²) >= 11 is 1.14. The third-order valence-corrected chi connectivity index (χ3v) is 3.52. The van der Waals surface area contributed by atoms with Crippen molar-refractivity contribution in [3.05, 3.63) is 52.0 Å². The fourth-order valence-electron chi connectivity index (χ4n) is 1.52. The fraction of sp³-hybridized carbons (Fsp3) is 0.143. The van der Waals surface area contributed by atoms with Crippen molar-refractivity contribution in [3.8, 4) is 0 Å². The van der Waals surface area contributed by atoms with Crippen LogP contribution in [0.1, 0.15) is 16.6 Å². The average molecular weight is 329 g/mol. The number of nitrogens with one attached hydrogen (secondary N) is 1. The van der Waals surface area contributed by atoms with Crippen molar-refractivity contribution < 1.29 is 27.5 Å². The van der Waals surface area contributed by atoms with Gasteiger partial charge in [0.05, 0.1) is 5.69 Å². The summed E-state index contributed by atoms with van der Waals surface area (Å²) in [7, 11) is 0. The van der Waals surface area contributed by atoms with Gasteiger partial charge < -0.3 is 10.1 Å². The van der Waals surface area contributed by atoms with Crippen LogP contribution in [0.2, 0.25) is 0 Å². The van der Waals surface area contributed by atoms with Crippen LogP contribution in [0.4, 0.5) is 18.9 Å². The number of carbonyl (C=O) groups is 2. The van der Waals surface area contributed by atoms with E-state index in [1.165, 1.54) is 13.0 Å². The number of benzene rings is 1. The Kier molecular flexibility index (Phi) is 4.81. The first-order valence-electron chi connectivity index (χ1n) is 6.09. The second kappa shape index (κ2) is 6.61. The summed E-state index contributed by atoms with van der Waals surface area (Å²) in [6.45, 7) is 1.28. The Balaban J connectivity index is 2.03. The Morgan fingerprint density at radius 1 is 1.18 bits per heavy atom. The number of rotatable bonds is 4. The van der Waals surface area contributed by atoms with Crippen LogP contribution < -0.4 is 5.32 Å². The number of ether oxygens (including phenoxy) is 1. The molecule has 0 saturated heterocycles. The molecular weight excluding hydrogens is 319 g/mol. The summed E-state index contributed by atoms with van der Waals surface area (Å²) < 4.78 is 44.2. The molecule has 0 fully saturated rings. The van der Waals surface area contributed by atoms with Crippen molar-refractivity contribution in [1.29, 1.82) is 0 Å². The fourth-order valence-corrected chi connectivity index (χ4v) is 2.13. The van der Waals surface area contributed by atoms with Crippen molar-refractivity contribution in [2.75, 3.05) is 5.32 Å². The molecule has 1 aromatic carbocycles. The predicted molar refractivity (Wildman–Crippen MR) is 74.1 cm³/mol. The molecule has 0 spiro atoms. The van der Waals surface area contributed by atoms with Crippen LogP contribution >= 0.6 is 11.3 Å². The molecule has 1 aromatic heterocycles. The van der Waals surface area contributed by atoms with Crippen LogP contribution in [-0.2, 0) is 9.53 Å². The lowest BCUT2D eigenvalue weighted by molar-refractivity contribution is -0.123. The predicted octanol–water partition coefficient (Wildman–Crippen LogP) is 3.35. The first-order chi connectivity index (χ1) is 10.4. The van der Waals surface area contributed by atoms with E-state index in [9.17, 15) is 22.8 Å². The van der Waals surface area contributed by atoms with Crippen LogP contribution in [0.25, 0.3) is 0 Å². The highest BCUT2D eigenvalue weighted by molar-refractivity contribution is 7.11. The van der Waals surface area contributed by atoms with Crippen LogP contribution in [-0.4, -0.2) is 18.0 Å². The molecule has 1 atom stereocenters. The molecular formula is C14H10F3NO3S. The summed E-state index contributed by atoms with van der Waals surface area (Å²) in [5.74, 6) is -6.16. The lowest BCUT2D eigenvalue weighted by Crippen LogP contribution is -2.30. The smallest absolute Gasteiger partial charge is 0.349 e. The number of esters is 1. The Bertz CT molecular complexity index is 704. The number of amides is 1. The molecule has 2 rings (SSSR count). The van der Waals surface area contributed by atoms with Gasteiger partial charge in [0, 0.05) is 0 Å². The minimum atomic E-state index is -1.69. The van der Waals surface area contributed by atoms with Gasteiger partial charge in [-0.3, -0.25) is 4.79 Å². The molecule has 22 heavy (non-hydrogen) atoms. The van der Waals surface area contributed by atoms with Gasteiger partial charge in [-0.15, -0.1) is 11.3 Å². The monoisotopic (exact) mass is 329 g/mol. The molecule has 1 unspecified atom stereocenters. The lowest BCUT2D eigenvalue weighted by Gasteiger charge is -2.13. The van der Waals surface area contributed by atoms with Gasteiger partial charge in [0.15, 0.2) is 23.6 Å². The van der Waals surface area contributed by atoms with Gasteiger partial charge in [-0.1, -0.05) is 6.07 Å². The highest BCUT2D eigenvalue weighted by Crippen LogP contribution is 2.20. The molecule has 2 aromatic rings. The number of hydrogen-bond acceptors (Lipinski definition) is 4. The SMILES string of the molecule is CC(OC(=O)c1cccs1)C(=O)Nc1ccc(F)c(F)c1F. The minimum Gasteiger partial charge on any atom is -0.448 e. The van der Waals surface area contributed by atoms with Crippen molar-refractivity contribution in [2.24, 2.45) is 0 Å². The first-order valence-corrected chi connectivity index (χ1v) is 6.97. The van der Waals surface area contributed by atoms with E-state index in [2.05, 4.69) is 0 Å². The summed E-state index contributed by atoms with van der Waals surface area (Å²) in [5.41, 5.74) is -0.539. The van der Waals surface area contributed by atoms with Crippen LogP contribution in [0.5, 0.6) is 0 Å². The van der Waals surface area contributed by atoms with E-state index >= 15 is 0 Å². The van der Waals surface area contributed by atoms with Crippen LogP contribution in [0.15, 0.2) is 29.6 Å². The summed E-state index contributed by atoms with van der Waals surface area (Å²) in [6, 6.07) is 4.71. The zero-order valence-electron chi connectivity index (χ0n) is 11.2. The van der Waals surface area contributed by atoms with E-state index < -0.39 is 41.1 Å². The van der Waals surface area contributed by atoms with Gasteiger partial charge in [-0.05, 0) is 30.5 Å². The zero-order valence-corrected chi connectivity index (χ0v) is 12.0. The van der Waals surface area contributed by atoms with Gasteiger partial charge in [-0.25, -0.2) is 18.0 Å². The Labute approximate surface area is 127 Å². The molecule has 4 nitrogen and oxygen atoms in total. The van der Waals surface area contributed by atoms with Crippen molar-refractivity contribution in [1.82, 2.24) is 0 Å². The lowest BCUT2D eigenvalue weighted by atomic mass is 10.2. The number of thiophene rings is 1. The average Bonchev–Trinajstić information content (AvgIpc) is 3.02. The number of halogens is 3. The highest BCUT2D eigenvalue weighted by atomic mass is 32.1. The maximum atomic E-state index is 13.4. The Morgan fingerprint density at radius 2 is 1.91 bits per heavy atom. The second-order valence-electron chi connectivity index (χ2n) is 4.24. The van der Waals surface area contributed by atoms with E-state index in [1.807, 2.05) is 5.32 Å². The molecule has 116 valence electrons. The van der Waals surface area contributed by atoms with E-state index in [4.69, 9.17) is 4.74 Å². The standard InChI is InChI=1S/C14H10F3NO3S/c1-7(21-14(20)10-3-2-6-22-10)13(19)18-9-5-4-8(15)11(16)12(9)17/h2-7H,1H3,(H,18,19). The summed E-state index contributed by atoms with van der Waals surface area (Å²) in [4.78, 5) is 23.8. The Morgan fingerprint density at radius 3 is 2.55 bits per heavy atom. The first kappa shape index (κ1) is 16.0. The van der Waals surface area contributed by atoms with Crippen molar-refractivity contribution in [3.63, 3.8) is 0 Å². The summed E-state index contributed by atoms with van der Waals surface area (Å²) in [5, 5.41) is 3.70. The molecule has 0 aliphatic carbocycles. The van der Waals surface area contributed by atoms with Gasteiger partial charge in [-0.2, -0.15) is 0 Å². The molecule has 1 N–H and O–H groups in total. The quantitative estimate of drug-likeness (QED) is 0.691. The maximum absolute atomic E-state index is 13.4. The molecule has 1 heterocycles. The summed E-state index contributed by atoms with van der Waals surface area (Å²) in [6.07, 6.45) is -1.23. The molecule has 1 amide bonds. The van der Waals surface area contributed by atoms with Crippen molar-refractivity contribution >= 4 is 28.9 Å². The number of carbonyl (C=O) groups excluding carboxylic acids is 2. The van der Waals surface area contributed by atoms with Crippen LogP contribution in [0.3, 0.4) is 0 Å². The molecule has 0 aliphatic heterocycles. The normalized spacial score (nSPS) is 11.8. The van der Waals surface area contributed by atoms with Gasteiger partial charge in [0.2, 0.25) is 0 Å². The van der Waals surface area contributed by atoms with Crippen molar-refractivity contribution in [2.45, 2.75) is 13.0 Å². The molecule has 0 saturated carbocycles. The minimum absolute atomic E-state index is 0.304. The molecule has 0 radical (unpaired) electrons. The van der Waals surface area contributed by atoms with E-state index in [-0.39, 0.29) is 0 Å². The third-order valence-electron chi connectivity index (χ3n) is 2.67. The van der Waals surface area contributed by atoms with Gasteiger partial charge in [0.1, 0.15) is 4.88 Å². The highest BCUT2D eigenvalue weighted by Gasteiger charge is 2.22. The van der Waals surface area contributed by atoms with Gasteiger partial charge in [0.25, 0.3) is 5.91 Å². The zero-order chi connectivity index (χ0) is 16.3. The number of hydrogen-bond donors (Lipinski definition) is 1. The second-order valence-corrected chi connectivity index (χ2v) is 5.18. The molecule has 0 aliphatic rings. The number of anilines is 1. The van der Waals surface area contributed by atoms with E-state index in [0.29, 0.717) is 10.9 Å². The molecule has 0 bridgehead atoms. The molecule has 8 heteroatoms. The topological polar surface area (TPSA) is 55.4 Å². The van der Waals surface area contributed by atoms with Gasteiger partial charge >= 0.3 is 5.97 Å². The van der Waals surface area contributed by atoms with E-state index in [0.717, 1.165) is 17.4 Å². The maximum Gasteiger partial charge on any atom is 0.349 e. The van der Waals surface area contributed by atoms with Crippen LogP contribution in [0, 0.1) is 17.5 Å².